The van der Waals surface area contributed by atoms with Crippen LogP contribution in [0.15, 0.2) is 24.3 Å². The molecule has 104 valence electrons. The molecule has 0 aromatic heterocycles. The van der Waals surface area contributed by atoms with Crippen molar-refractivity contribution in [1.29, 1.82) is 5.26 Å². The summed E-state index contributed by atoms with van der Waals surface area (Å²) >= 11 is 0. The van der Waals surface area contributed by atoms with Gasteiger partial charge in [0.05, 0.1) is 11.6 Å². The molecule has 1 N–H and O–H groups in total. The van der Waals surface area contributed by atoms with Crippen molar-refractivity contribution >= 4 is 5.69 Å². The highest BCUT2D eigenvalue weighted by molar-refractivity contribution is 5.50. The van der Waals surface area contributed by atoms with Gasteiger partial charge in [0.1, 0.15) is 0 Å². The van der Waals surface area contributed by atoms with E-state index in [0.717, 1.165) is 18.8 Å². The molecule has 1 aromatic carbocycles. The van der Waals surface area contributed by atoms with Crippen LogP contribution in [0.4, 0.5) is 5.69 Å². The van der Waals surface area contributed by atoms with Crippen LogP contribution in [0.25, 0.3) is 0 Å². The van der Waals surface area contributed by atoms with Crippen molar-refractivity contribution in [2.24, 2.45) is 5.92 Å². The first-order valence-corrected chi connectivity index (χ1v) is 6.78. The summed E-state index contributed by atoms with van der Waals surface area (Å²) in [6.45, 7) is 10.7. The third-order valence-corrected chi connectivity index (χ3v) is 2.98. The first-order valence-electron chi connectivity index (χ1n) is 6.78. The second-order valence-corrected chi connectivity index (χ2v) is 6.28. The van der Waals surface area contributed by atoms with E-state index in [9.17, 15) is 0 Å². The van der Waals surface area contributed by atoms with Crippen LogP contribution in [0.1, 0.15) is 33.3 Å². The Kier molecular flexibility index (Phi) is 5.38. The summed E-state index contributed by atoms with van der Waals surface area (Å²) in [4.78, 5) is 2.20. The summed E-state index contributed by atoms with van der Waals surface area (Å²) in [5, 5.41) is 12.4. The SMILES string of the molecule is CC(CNC(C)(C)C)CN(C)c1cccc(C#N)c1. The largest absolute Gasteiger partial charge is 0.374 e. The van der Waals surface area contributed by atoms with E-state index >= 15 is 0 Å². The smallest absolute Gasteiger partial charge is 0.0992 e. The molecule has 0 heterocycles. The summed E-state index contributed by atoms with van der Waals surface area (Å²) in [5.41, 5.74) is 1.97. The molecule has 1 aromatic rings. The van der Waals surface area contributed by atoms with Crippen molar-refractivity contribution in [1.82, 2.24) is 5.32 Å². The zero-order valence-corrected chi connectivity index (χ0v) is 12.7. The Balaban J connectivity index is 2.54. The molecule has 0 saturated heterocycles. The monoisotopic (exact) mass is 259 g/mol. The van der Waals surface area contributed by atoms with E-state index < -0.39 is 0 Å². The predicted molar refractivity (Wildman–Crippen MR) is 81.3 cm³/mol. The fourth-order valence-corrected chi connectivity index (χ4v) is 1.93. The summed E-state index contributed by atoms with van der Waals surface area (Å²) in [6.07, 6.45) is 0. The van der Waals surface area contributed by atoms with Gasteiger partial charge in [0.25, 0.3) is 0 Å². The first kappa shape index (κ1) is 15.5. The highest BCUT2D eigenvalue weighted by atomic mass is 15.1. The Labute approximate surface area is 117 Å². The van der Waals surface area contributed by atoms with Crippen molar-refractivity contribution < 1.29 is 0 Å². The number of nitrogens with zero attached hydrogens (tertiary/aromatic N) is 2. The normalized spacial score (nSPS) is 12.8. The van der Waals surface area contributed by atoms with Gasteiger partial charge in [-0.1, -0.05) is 13.0 Å². The molecule has 0 spiro atoms. The number of hydrogen-bond acceptors (Lipinski definition) is 3. The Hall–Kier alpha value is -1.53. The maximum Gasteiger partial charge on any atom is 0.0992 e. The molecule has 3 nitrogen and oxygen atoms in total. The lowest BCUT2D eigenvalue weighted by Gasteiger charge is -2.27. The quantitative estimate of drug-likeness (QED) is 0.883. The van der Waals surface area contributed by atoms with Crippen LogP contribution in [0.5, 0.6) is 0 Å². The maximum atomic E-state index is 8.92. The number of benzene rings is 1. The molecular weight excluding hydrogens is 234 g/mol. The Bertz CT molecular complexity index is 440. The van der Waals surface area contributed by atoms with Gasteiger partial charge < -0.3 is 10.2 Å². The molecule has 0 aliphatic heterocycles. The number of nitrogens with one attached hydrogen (secondary N) is 1. The van der Waals surface area contributed by atoms with Gasteiger partial charge in [0.15, 0.2) is 0 Å². The summed E-state index contributed by atoms with van der Waals surface area (Å²) in [6, 6.07) is 9.93. The minimum Gasteiger partial charge on any atom is -0.374 e. The van der Waals surface area contributed by atoms with Crippen molar-refractivity contribution in [2.45, 2.75) is 33.2 Å². The highest BCUT2D eigenvalue weighted by Crippen LogP contribution is 2.15. The van der Waals surface area contributed by atoms with Crippen molar-refractivity contribution in [2.75, 3.05) is 25.0 Å². The average Bonchev–Trinajstić information content (AvgIpc) is 2.35. The Morgan fingerprint density at radius 3 is 2.63 bits per heavy atom. The van der Waals surface area contributed by atoms with Gasteiger partial charge >= 0.3 is 0 Å². The van der Waals surface area contributed by atoms with Gasteiger partial charge in [-0.15, -0.1) is 0 Å². The zero-order valence-electron chi connectivity index (χ0n) is 12.7. The average molecular weight is 259 g/mol. The van der Waals surface area contributed by atoms with E-state index in [0.29, 0.717) is 11.5 Å². The molecule has 19 heavy (non-hydrogen) atoms. The summed E-state index contributed by atoms with van der Waals surface area (Å²) < 4.78 is 0. The molecule has 0 aliphatic rings. The molecule has 1 unspecified atom stereocenters. The van der Waals surface area contributed by atoms with Gasteiger partial charge in [0, 0.05) is 24.8 Å². The summed E-state index contributed by atoms with van der Waals surface area (Å²) in [5.74, 6) is 0.551. The van der Waals surface area contributed by atoms with Gasteiger partial charge in [0.2, 0.25) is 0 Å². The van der Waals surface area contributed by atoms with E-state index in [1.807, 2.05) is 24.3 Å². The van der Waals surface area contributed by atoms with Crippen LogP contribution in [0.2, 0.25) is 0 Å². The van der Waals surface area contributed by atoms with Gasteiger partial charge in [-0.05, 0) is 51.4 Å². The minimum absolute atomic E-state index is 0.160. The van der Waals surface area contributed by atoms with Gasteiger partial charge in [-0.2, -0.15) is 5.26 Å². The van der Waals surface area contributed by atoms with Gasteiger partial charge in [-0.25, -0.2) is 0 Å². The minimum atomic E-state index is 0.160. The zero-order chi connectivity index (χ0) is 14.5. The van der Waals surface area contributed by atoms with E-state index in [1.54, 1.807) is 0 Å². The van der Waals surface area contributed by atoms with E-state index in [4.69, 9.17) is 5.26 Å². The number of hydrogen-bond donors (Lipinski definition) is 1. The Morgan fingerprint density at radius 2 is 2.05 bits per heavy atom. The van der Waals surface area contributed by atoms with E-state index in [2.05, 4.69) is 51.0 Å². The highest BCUT2D eigenvalue weighted by Gasteiger charge is 2.12. The molecule has 0 fully saturated rings. The van der Waals surface area contributed by atoms with Crippen LogP contribution in [-0.2, 0) is 0 Å². The van der Waals surface area contributed by atoms with Crippen LogP contribution in [0.3, 0.4) is 0 Å². The third kappa shape index (κ3) is 5.76. The topological polar surface area (TPSA) is 39.1 Å². The van der Waals surface area contributed by atoms with Crippen LogP contribution in [0, 0.1) is 17.2 Å². The lowest BCUT2D eigenvalue weighted by molar-refractivity contribution is 0.384. The first-order chi connectivity index (χ1) is 8.81. The van der Waals surface area contributed by atoms with Crippen molar-refractivity contribution in [3.63, 3.8) is 0 Å². The predicted octanol–water partition coefficient (Wildman–Crippen LogP) is 3.02. The summed E-state index contributed by atoms with van der Waals surface area (Å²) in [7, 11) is 2.07. The molecule has 1 rings (SSSR count). The molecular formula is C16H25N3. The van der Waals surface area contributed by atoms with Crippen molar-refractivity contribution in [3.8, 4) is 6.07 Å². The number of anilines is 1. The number of rotatable bonds is 5. The second-order valence-electron chi connectivity index (χ2n) is 6.28. The van der Waals surface area contributed by atoms with Gasteiger partial charge in [-0.3, -0.25) is 0 Å². The lowest BCUT2D eigenvalue weighted by Crippen LogP contribution is -2.41. The number of nitriles is 1. The van der Waals surface area contributed by atoms with E-state index in [1.165, 1.54) is 0 Å². The molecule has 0 saturated carbocycles. The van der Waals surface area contributed by atoms with Crippen LogP contribution >= 0.6 is 0 Å². The Morgan fingerprint density at radius 1 is 1.37 bits per heavy atom. The van der Waals surface area contributed by atoms with Crippen LogP contribution < -0.4 is 10.2 Å². The molecule has 0 aliphatic carbocycles. The molecule has 0 bridgehead atoms. The molecule has 0 radical (unpaired) electrons. The molecule has 1 atom stereocenters. The maximum absolute atomic E-state index is 8.92. The fourth-order valence-electron chi connectivity index (χ4n) is 1.93. The third-order valence-electron chi connectivity index (χ3n) is 2.98. The molecule has 0 amide bonds. The standard InChI is InChI=1S/C16H25N3/c1-13(11-18-16(2,3)4)12-19(5)15-8-6-7-14(9-15)10-17/h6-9,13,18H,11-12H2,1-5H3. The van der Waals surface area contributed by atoms with E-state index in [-0.39, 0.29) is 5.54 Å². The molecule has 3 heteroatoms. The van der Waals surface area contributed by atoms with Crippen molar-refractivity contribution in [3.05, 3.63) is 29.8 Å². The fraction of sp³-hybridized carbons (Fsp3) is 0.562. The second kappa shape index (κ2) is 6.58. The lowest BCUT2D eigenvalue weighted by atomic mass is 10.1. The van der Waals surface area contributed by atoms with Crippen LogP contribution in [-0.4, -0.2) is 25.7 Å².